The number of carbonyl (C=O) groups excluding carboxylic acids is 9. The zero-order valence-corrected chi connectivity index (χ0v) is 55.6. The molecule has 0 amide bonds. The minimum atomic E-state index is -4.61. The van der Waals surface area contributed by atoms with E-state index in [1.807, 2.05) is 12.1 Å². The molecule has 96 heavy (non-hydrogen) atoms. The summed E-state index contributed by atoms with van der Waals surface area (Å²) >= 11 is 0. The Kier molecular flexibility index (Phi) is 32.3. The minimum Gasteiger partial charge on any atom is -0.464 e. The van der Waals surface area contributed by atoms with Gasteiger partial charge in [-0.05, 0) is 178 Å². The highest BCUT2D eigenvalue weighted by Crippen LogP contribution is 2.57. The average molecular weight is 1370 g/mol. The number of hydrogen-bond acceptors (Lipinski definition) is 19. The number of hydrogen-bond donors (Lipinski definition) is 1. The topological polar surface area (TPSA) is 257 Å². The molecule has 6 saturated carbocycles. The Morgan fingerprint density at radius 2 is 1.08 bits per heavy atom. The normalized spacial score (nSPS) is 21.5. The lowest BCUT2D eigenvalue weighted by Gasteiger charge is -2.55. The van der Waals surface area contributed by atoms with Gasteiger partial charge in [-0.25, -0.2) is 33.6 Å². The predicted molar refractivity (Wildman–Crippen MR) is 333 cm³/mol. The van der Waals surface area contributed by atoms with Gasteiger partial charge in [-0.2, -0.15) is 35.1 Å². The Hall–Kier alpha value is -8.49. The summed E-state index contributed by atoms with van der Waals surface area (Å²) in [6.07, 6.45) is -0.617. The number of benzene rings is 2. The molecule has 0 radical (unpaired) electrons. The van der Waals surface area contributed by atoms with Gasteiger partial charge in [0.1, 0.15) is 17.5 Å². The molecule has 6 aliphatic rings. The third-order valence-electron chi connectivity index (χ3n) is 15.4. The van der Waals surface area contributed by atoms with Crippen LogP contribution in [0.2, 0.25) is 0 Å². The number of halogens is 8. The van der Waals surface area contributed by atoms with Crippen LogP contribution >= 0.6 is 0 Å². The molecule has 8 rings (SSSR count). The van der Waals surface area contributed by atoms with E-state index in [1.54, 1.807) is 56.3 Å². The molecular formula is C69H86F8O19. The summed E-state index contributed by atoms with van der Waals surface area (Å²) in [6, 6.07) is 13.6. The maximum absolute atomic E-state index is 13.3. The van der Waals surface area contributed by atoms with Crippen LogP contribution in [-0.4, -0.2) is 121 Å². The van der Waals surface area contributed by atoms with Gasteiger partial charge in [0, 0.05) is 41.7 Å². The first-order valence-electron chi connectivity index (χ1n) is 30.3. The van der Waals surface area contributed by atoms with Crippen LogP contribution in [0.5, 0.6) is 17.2 Å². The van der Waals surface area contributed by atoms with Crippen molar-refractivity contribution in [3.63, 3.8) is 0 Å². The third-order valence-corrected chi connectivity index (χ3v) is 15.4. The smallest absolute Gasteiger partial charge is 0.422 e. The Morgan fingerprint density at radius 1 is 0.604 bits per heavy atom. The minimum absolute atomic E-state index is 0.0147. The van der Waals surface area contributed by atoms with E-state index in [0.717, 1.165) is 63.0 Å². The molecule has 2 aromatic rings. The fourth-order valence-electron chi connectivity index (χ4n) is 11.2. The molecule has 1 N–H and O–H groups in total. The van der Waals surface area contributed by atoms with E-state index in [2.05, 4.69) is 58.4 Å². The van der Waals surface area contributed by atoms with E-state index in [1.165, 1.54) is 60.8 Å². The predicted octanol–water partition coefficient (Wildman–Crippen LogP) is 13.6. The second kappa shape index (κ2) is 37.1. The van der Waals surface area contributed by atoms with Crippen molar-refractivity contribution in [2.24, 2.45) is 35.5 Å². The maximum atomic E-state index is 13.3. The number of rotatable bonds is 20. The standard InChI is InChI=1S/C15H21F3O3.C14H20O2.C12H12O4.C10H14F2O4.C10H10O2.C8H9F3O4/c1-8(2)13(19)21-12-6-9-4-10(12)5-11(9)7-14(3,20)15(16,17)18;1-9(2)13(15)16-14-6-10-3-11(7-14)5-12(4-10)8-14;1-8(2)12(14)16-11-7-5-4-6-10(11)15-9(3)13;1-5-7(16-8(13)6(2)3)10(11,12)9(14)15-4;1-3-9-4-6-10(7-5-9)12-8(2)11;1-5(2)7(13)14-3-6(12)15-4-8(9,10)11/h9-12,20H,1,4-7H2,2-3H3;10-12H,1,3-8H2,2H3;4-7H,1H2,2-3H3;7H,2,5H2,1,3-4H3;3-7H,1H2,2H3;1,3-4H2,2H3. The van der Waals surface area contributed by atoms with Crippen LogP contribution in [0, 0.1) is 35.5 Å². The number of para-hydroxylation sites is 2. The third kappa shape index (κ3) is 28.1. The van der Waals surface area contributed by atoms with Gasteiger partial charge >= 0.3 is 72.0 Å². The molecule has 0 aromatic heterocycles. The summed E-state index contributed by atoms with van der Waals surface area (Å²) in [4.78, 5) is 99.0. The number of methoxy groups -OCH3 is 1. The molecule has 0 aliphatic heterocycles. The summed E-state index contributed by atoms with van der Waals surface area (Å²) < 4.78 is 142. The number of carbonyl (C=O) groups is 9. The van der Waals surface area contributed by atoms with Crippen molar-refractivity contribution in [2.45, 2.75) is 175 Å². The molecule has 0 spiro atoms. The molecular weight excluding hydrogens is 1280 g/mol. The zero-order valence-electron chi connectivity index (χ0n) is 55.6. The molecule has 0 saturated heterocycles. The number of esters is 9. The summed E-state index contributed by atoms with van der Waals surface area (Å²) in [6.45, 7) is 30.5. The largest absolute Gasteiger partial charge is 0.464 e. The first kappa shape index (κ1) is 83.6. The number of ether oxygens (including phenoxy) is 9. The van der Waals surface area contributed by atoms with E-state index in [-0.39, 0.29) is 82.5 Å². The van der Waals surface area contributed by atoms with Crippen molar-refractivity contribution < 1.29 is 126 Å². The second-order valence-electron chi connectivity index (χ2n) is 24.4. The number of alkyl halides is 8. The molecule has 0 heterocycles. The highest BCUT2D eigenvalue weighted by atomic mass is 19.4. The monoisotopic (exact) mass is 1370 g/mol. The van der Waals surface area contributed by atoms with Crippen LogP contribution in [0.25, 0.3) is 6.08 Å². The Labute approximate surface area is 553 Å². The summed E-state index contributed by atoms with van der Waals surface area (Å²) in [5, 5.41) is 9.60. The molecule has 6 bridgehead atoms. The van der Waals surface area contributed by atoms with E-state index in [0.29, 0.717) is 29.7 Å². The zero-order chi connectivity index (χ0) is 73.4. The van der Waals surface area contributed by atoms with E-state index in [4.69, 9.17) is 23.7 Å². The SMILES string of the molecule is C=C(C)C(=O)OC(CC)C(F)(F)C(=O)OC.C=C(C)C(=O)OC12CC3CC(CC(C3)C1)C2.C=C(C)C(=O)OC1CC2CC1CC2CC(C)(O)C(F)(F)F.C=C(C)C(=O)OCC(=O)OCC(F)(F)F.C=C(C)C(=O)Oc1ccccc1OC(C)=O.C=Cc1ccc(OC(C)=O)cc1. The lowest BCUT2D eigenvalue weighted by atomic mass is 9.54. The van der Waals surface area contributed by atoms with Crippen molar-refractivity contribution >= 4 is 59.8 Å². The summed E-state index contributed by atoms with van der Waals surface area (Å²) in [5.41, 5.74) is -0.581. The quantitative estimate of drug-likeness (QED) is 0.0425. The van der Waals surface area contributed by atoms with E-state index < -0.39 is 85.0 Å². The summed E-state index contributed by atoms with van der Waals surface area (Å²) in [7, 11) is 0.837. The molecule has 19 nitrogen and oxygen atoms in total. The van der Waals surface area contributed by atoms with Crippen molar-refractivity contribution in [3.8, 4) is 17.2 Å². The van der Waals surface area contributed by atoms with Crippen LogP contribution in [0.4, 0.5) is 35.1 Å². The van der Waals surface area contributed by atoms with Crippen LogP contribution in [0.15, 0.2) is 116 Å². The number of fused-ring (bicyclic) bond motifs is 2. The number of aliphatic hydroxyl groups is 1. The lowest BCUT2D eigenvalue weighted by molar-refractivity contribution is -0.259. The Morgan fingerprint density at radius 3 is 1.48 bits per heavy atom. The van der Waals surface area contributed by atoms with Gasteiger partial charge in [0.2, 0.25) is 0 Å². The van der Waals surface area contributed by atoms with Gasteiger partial charge in [-0.3, -0.25) is 9.59 Å². The first-order valence-corrected chi connectivity index (χ1v) is 30.3. The maximum Gasteiger partial charge on any atom is 0.422 e. The van der Waals surface area contributed by atoms with Crippen LogP contribution < -0.4 is 14.2 Å². The van der Waals surface area contributed by atoms with Crippen LogP contribution in [-0.2, 0) is 71.6 Å². The molecule has 6 aliphatic carbocycles. The molecule has 532 valence electrons. The lowest BCUT2D eigenvalue weighted by Crippen LogP contribution is -2.52. The van der Waals surface area contributed by atoms with Gasteiger partial charge in [0.25, 0.3) is 0 Å². The van der Waals surface area contributed by atoms with Gasteiger partial charge in [-0.15, -0.1) is 0 Å². The fourth-order valence-corrected chi connectivity index (χ4v) is 11.2. The molecule has 6 fully saturated rings. The second-order valence-corrected chi connectivity index (χ2v) is 24.4. The van der Waals surface area contributed by atoms with Gasteiger partial charge < -0.3 is 47.7 Å². The molecule has 6 atom stereocenters. The van der Waals surface area contributed by atoms with Crippen molar-refractivity contribution in [3.05, 3.63) is 121 Å². The summed E-state index contributed by atoms with van der Waals surface area (Å²) in [5.74, 6) is -7.14. The van der Waals surface area contributed by atoms with Crippen LogP contribution in [0.3, 0.4) is 0 Å². The average Bonchev–Trinajstić information content (AvgIpc) is 0.818. The van der Waals surface area contributed by atoms with Gasteiger partial charge in [0.15, 0.2) is 36.4 Å². The van der Waals surface area contributed by atoms with Gasteiger partial charge in [-0.1, -0.05) is 76.7 Å². The highest BCUT2D eigenvalue weighted by molar-refractivity contribution is 5.90. The highest BCUT2D eigenvalue weighted by Gasteiger charge is 2.56. The fraction of sp³-hybridized carbons (Fsp3) is 0.522. The Bertz CT molecular complexity index is 3110. The van der Waals surface area contributed by atoms with Crippen LogP contribution in [0.1, 0.15) is 139 Å². The molecule has 6 unspecified atom stereocenters. The van der Waals surface area contributed by atoms with Crippen molar-refractivity contribution in [1.82, 2.24) is 0 Å². The molecule has 27 heteroatoms. The van der Waals surface area contributed by atoms with E-state index >= 15 is 0 Å². The van der Waals surface area contributed by atoms with Gasteiger partial charge in [0.05, 0.1) is 7.11 Å². The van der Waals surface area contributed by atoms with Crippen molar-refractivity contribution in [1.29, 1.82) is 0 Å². The van der Waals surface area contributed by atoms with E-state index in [9.17, 15) is 83.4 Å². The van der Waals surface area contributed by atoms with Crippen molar-refractivity contribution in [2.75, 3.05) is 20.3 Å². The molecule has 2 aromatic carbocycles. The first-order chi connectivity index (χ1) is 44.3. The Balaban J connectivity index is 0.000000395.